The van der Waals surface area contributed by atoms with Crippen LogP contribution < -0.4 is 5.32 Å². The van der Waals surface area contributed by atoms with Gasteiger partial charge in [-0.25, -0.2) is 0 Å². The van der Waals surface area contributed by atoms with Gasteiger partial charge in [-0.3, -0.25) is 0 Å². The summed E-state index contributed by atoms with van der Waals surface area (Å²) in [4.78, 5) is 0. The van der Waals surface area contributed by atoms with Crippen LogP contribution in [0.4, 0.5) is 0 Å². The Balaban J connectivity index is 1.82. The first-order chi connectivity index (χ1) is 6.93. The molecule has 1 N–H and O–H groups in total. The van der Waals surface area contributed by atoms with Crippen molar-refractivity contribution >= 4 is 0 Å². The molecule has 1 heterocycles. The Labute approximate surface area is 87.2 Å². The standard InChI is InChI=1S/C11H23NO2/c1-2-3-7-13-8-9-14-11-5-4-6-12-10-11/h11-12H,2-10H2,1H3/t11-/m0/s1. The van der Waals surface area contributed by atoms with Gasteiger partial charge in [0.05, 0.1) is 19.3 Å². The fraction of sp³-hybridized carbons (Fsp3) is 1.00. The first kappa shape index (κ1) is 12.0. The highest BCUT2D eigenvalue weighted by atomic mass is 16.5. The third-order valence-electron chi connectivity index (χ3n) is 2.48. The van der Waals surface area contributed by atoms with Crippen LogP contribution in [0.15, 0.2) is 0 Å². The van der Waals surface area contributed by atoms with Gasteiger partial charge in [-0.1, -0.05) is 13.3 Å². The molecule has 84 valence electrons. The fourth-order valence-electron chi connectivity index (χ4n) is 1.58. The Hall–Kier alpha value is -0.120. The maximum atomic E-state index is 5.68. The van der Waals surface area contributed by atoms with Crippen LogP contribution in [-0.2, 0) is 9.47 Å². The molecule has 0 radical (unpaired) electrons. The largest absolute Gasteiger partial charge is 0.379 e. The first-order valence-electron chi connectivity index (χ1n) is 5.83. The summed E-state index contributed by atoms with van der Waals surface area (Å²) < 4.78 is 11.1. The van der Waals surface area contributed by atoms with Gasteiger partial charge < -0.3 is 14.8 Å². The molecule has 3 heteroatoms. The van der Waals surface area contributed by atoms with E-state index in [4.69, 9.17) is 9.47 Å². The lowest BCUT2D eigenvalue weighted by molar-refractivity contribution is -0.00470. The van der Waals surface area contributed by atoms with Gasteiger partial charge in [0.15, 0.2) is 0 Å². The minimum Gasteiger partial charge on any atom is -0.379 e. The molecule has 0 aliphatic carbocycles. The molecular weight excluding hydrogens is 178 g/mol. The molecule has 1 aliphatic heterocycles. The molecular formula is C11H23NO2. The second-order valence-electron chi connectivity index (χ2n) is 3.81. The van der Waals surface area contributed by atoms with Crippen molar-refractivity contribution in [1.29, 1.82) is 0 Å². The third-order valence-corrected chi connectivity index (χ3v) is 2.48. The zero-order valence-electron chi connectivity index (χ0n) is 9.26. The number of nitrogens with one attached hydrogen (secondary N) is 1. The average Bonchev–Trinajstić information content (AvgIpc) is 2.25. The molecule has 0 bridgehead atoms. The van der Waals surface area contributed by atoms with Crippen molar-refractivity contribution < 1.29 is 9.47 Å². The summed E-state index contributed by atoms with van der Waals surface area (Å²) in [6, 6.07) is 0. The molecule has 0 saturated carbocycles. The summed E-state index contributed by atoms with van der Waals surface area (Å²) in [5, 5.41) is 3.33. The molecule has 0 amide bonds. The van der Waals surface area contributed by atoms with E-state index in [9.17, 15) is 0 Å². The van der Waals surface area contributed by atoms with Crippen molar-refractivity contribution in [2.45, 2.75) is 38.7 Å². The summed E-state index contributed by atoms with van der Waals surface area (Å²) in [6.45, 7) is 6.70. The van der Waals surface area contributed by atoms with Gasteiger partial charge in [-0.15, -0.1) is 0 Å². The predicted octanol–water partition coefficient (Wildman–Crippen LogP) is 1.57. The lowest BCUT2D eigenvalue weighted by atomic mass is 10.1. The highest BCUT2D eigenvalue weighted by molar-refractivity contribution is 4.68. The molecule has 0 aromatic carbocycles. The first-order valence-corrected chi connectivity index (χ1v) is 5.83. The molecule has 14 heavy (non-hydrogen) atoms. The summed E-state index contributed by atoms with van der Waals surface area (Å²) in [5.41, 5.74) is 0. The van der Waals surface area contributed by atoms with E-state index in [1.54, 1.807) is 0 Å². The Morgan fingerprint density at radius 3 is 2.93 bits per heavy atom. The Kier molecular flexibility index (Phi) is 7.01. The van der Waals surface area contributed by atoms with Crippen LogP contribution in [0.3, 0.4) is 0 Å². The third kappa shape index (κ3) is 5.58. The van der Waals surface area contributed by atoms with E-state index < -0.39 is 0 Å². The van der Waals surface area contributed by atoms with Crippen LogP contribution in [0.25, 0.3) is 0 Å². The maximum Gasteiger partial charge on any atom is 0.0704 e. The van der Waals surface area contributed by atoms with Gasteiger partial charge in [0.25, 0.3) is 0 Å². The van der Waals surface area contributed by atoms with Crippen molar-refractivity contribution in [3.63, 3.8) is 0 Å². The van der Waals surface area contributed by atoms with Gasteiger partial charge in [-0.05, 0) is 25.8 Å². The highest BCUT2D eigenvalue weighted by Gasteiger charge is 2.12. The smallest absolute Gasteiger partial charge is 0.0704 e. The van der Waals surface area contributed by atoms with E-state index in [1.165, 1.54) is 19.3 Å². The second kappa shape index (κ2) is 8.21. The summed E-state index contributed by atoms with van der Waals surface area (Å²) in [7, 11) is 0. The zero-order chi connectivity index (χ0) is 10.1. The molecule has 1 rings (SSSR count). The zero-order valence-corrected chi connectivity index (χ0v) is 9.26. The quantitative estimate of drug-likeness (QED) is 0.634. The number of hydrogen-bond acceptors (Lipinski definition) is 3. The van der Waals surface area contributed by atoms with E-state index in [1.807, 2.05) is 0 Å². The van der Waals surface area contributed by atoms with Crippen molar-refractivity contribution in [3.05, 3.63) is 0 Å². The van der Waals surface area contributed by atoms with Crippen LogP contribution in [-0.4, -0.2) is 39.0 Å². The summed E-state index contributed by atoms with van der Waals surface area (Å²) >= 11 is 0. The normalized spacial score (nSPS) is 22.5. The topological polar surface area (TPSA) is 30.5 Å². The van der Waals surface area contributed by atoms with Crippen molar-refractivity contribution in [3.8, 4) is 0 Å². The van der Waals surface area contributed by atoms with E-state index in [0.29, 0.717) is 6.10 Å². The van der Waals surface area contributed by atoms with Crippen LogP contribution in [0.5, 0.6) is 0 Å². The summed E-state index contributed by atoms with van der Waals surface area (Å²) in [5.74, 6) is 0. The maximum absolute atomic E-state index is 5.68. The Morgan fingerprint density at radius 1 is 1.29 bits per heavy atom. The SMILES string of the molecule is CCCCOCCO[C@H]1CCCNC1. The van der Waals surface area contributed by atoms with Crippen LogP contribution in [0.2, 0.25) is 0 Å². The highest BCUT2D eigenvalue weighted by Crippen LogP contribution is 2.05. The van der Waals surface area contributed by atoms with Crippen LogP contribution >= 0.6 is 0 Å². The molecule has 0 spiro atoms. The molecule has 1 atom stereocenters. The monoisotopic (exact) mass is 201 g/mol. The predicted molar refractivity (Wildman–Crippen MR) is 57.6 cm³/mol. The average molecular weight is 201 g/mol. The van der Waals surface area contributed by atoms with E-state index in [2.05, 4.69) is 12.2 Å². The van der Waals surface area contributed by atoms with Gasteiger partial charge in [0, 0.05) is 13.2 Å². The number of rotatable bonds is 7. The molecule has 0 aromatic heterocycles. The number of unbranched alkanes of at least 4 members (excludes halogenated alkanes) is 1. The summed E-state index contributed by atoms with van der Waals surface area (Å²) in [6.07, 6.45) is 5.21. The van der Waals surface area contributed by atoms with Crippen molar-refractivity contribution in [2.75, 3.05) is 32.9 Å². The Morgan fingerprint density at radius 2 is 2.21 bits per heavy atom. The molecule has 1 aliphatic rings. The lowest BCUT2D eigenvalue weighted by Crippen LogP contribution is -2.35. The van der Waals surface area contributed by atoms with Gasteiger partial charge in [-0.2, -0.15) is 0 Å². The van der Waals surface area contributed by atoms with Gasteiger partial charge in [0.2, 0.25) is 0 Å². The molecule has 0 aromatic rings. The number of hydrogen-bond donors (Lipinski definition) is 1. The van der Waals surface area contributed by atoms with E-state index in [-0.39, 0.29) is 0 Å². The van der Waals surface area contributed by atoms with Gasteiger partial charge >= 0.3 is 0 Å². The molecule has 3 nitrogen and oxygen atoms in total. The van der Waals surface area contributed by atoms with Crippen molar-refractivity contribution in [1.82, 2.24) is 5.32 Å². The number of ether oxygens (including phenoxy) is 2. The van der Waals surface area contributed by atoms with Crippen LogP contribution in [0.1, 0.15) is 32.6 Å². The molecule has 0 unspecified atom stereocenters. The Bertz CT molecular complexity index is 124. The van der Waals surface area contributed by atoms with E-state index >= 15 is 0 Å². The molecule has 1 fully saturated rings. The minimum absolute atomic E-state index is 0.415. The fourth-order valence-corrected chi connectivity index (χ4v) is 1.58. The second-order valence-corrected chi connectivity index (χ2v) is 3.81. The molecule has 1 saturated heterocycles. The van der Waals surface area contributed by atoms with Crippen LogP contribution in [0, 0.1) is 0 Å². The minimum atomic E-state index is 0.415. The number of piperidine rings is 1. The van der Waals surface area contributed by atoms with E-state index in [0.717, 1.165) is 39.3 Å². The lowest BCUT2D eigenvalue weighted by Gasteiger charge is -2.22. The van der Waals surface area contributed by atoms with Crippen molar-refractivity contribution in [2.24, 2.45) is 0 Å². The van der Waals surface area contributed by atoms with Gasteiger partial charge in [0.1, 0.15) is 0 Å².